The van der Waals surface area contributed by atoms with E-state index in [0.29, 0.717) is 0 Å². The van der Waals surface area contributed by atoms with E-state index < -0.39 is 0 Å². The van der Waals surface area contributed by atoms with E-state index >= 15 is 0 Å². The number of aliphatic imine (C=N–C) groups is 1. The van der Waals surface area contributed by atoms with Crippen molar-refractivity contribution in [1.82, 2.24) is 15.0 Å². The van der Waals surface area contributed by atoms with Gasteiger partial charge in [-0.3, -0.25) is 4.99 Å². The molecule has 5 heteroatoms. The SMILES string of the molecule is C(=Nc1ccc(-c2nc(-c3ccccc3)c(-c3ccccc3)[nH]2)cc1)c1ccc(/C=C/c2nc3ccccc3s2)cc1. The van der Waals surface area contributed by atoms with Crippen LogP contribution in [-0.4, -0.2) is 21.2 Å². The van der Waals surface area contributed by atoms with Crippen molar-refractivity contribution in [1.29, 1.82) is 0 Å². The first-order chi connectivity index (χ1) is 20.8. The lowest BCUT2D eigenvalue weighted by Crippen LogP contribution is -1.82. The van der Waals surface area contributed by atoms with Gasteiger partial charge in [-0.2, -0.15) is 0 Å². The number of imidazole rings is 1. The maximum atomic E-state index is 5.00. The van der Waals surface area contributed by atoms with Gasteiger partial charge in [-0.25, -0.2) is 9.97 Å². The molecule has 0 aliphatic heterocycles. The van der Waals surface area contributed by atoms with Crippen LogP contribution in [0.2, 0.25) is 0 Å². The number of benzene rings is 5. The van der Waals surface area contributed by atoms with E-state index in [1.54, 1.807) is 11.3 Å². The van der Waals surface area contributed by atoms with Gasteiger partial charge in [0.1, 0.15) is 10.8 Å². The fourth-order valence-corrected chi connectivity index (χ4v) is 5.68. The highest BCUT2D eigenvalue weighted by molar-refractivity contribution is 7.19. The smallest absolute Gasteiger partial charge is 0.138 e. The van der Waals surface area contributed by atoms with Gasteiger partial charge in [-0.15, -0.1) is 11.3 Å². The number of aromatic nitrogens is 3. The third kappa shape index (κ3) is 5.59. The van der Waals surface area contributed by atoms with E-state index in [1.165, 1.54) is 4.70 Å². The van der Waals surface area contributed by atoms with Gasteiger partial charge in [0.15, 0.2) is 0 Å². The Bertz CT molecular complexity index is 1910. The van der Waals surface area contributed by atoms with Crippen LogP contribution >= 0.6 is 11.3 Å². The Morgan fingerprint density at radius 3 is 1.98 bits per heavy atom. The largest absolute Gasteiger partial charge is 0.337 e. The van der Waals surface area contributed by atoms with E-state index in [0.717, 1.165) is 61.2 Å². The lowest BCUT2D eigenvalue weighted by molar-refractivity contribution is 1.31. The molecule has 0 bridgehead atoms. The summed E-state index contributed by atoms with van der Waals surface area (Å²) in [5.41, 5.74) is 9.25. The Kier molecular flexibility index (Phi) is 7.07. The summed E-state index contributed by atoms with van der Waals surface area (Å²) in [7, 11) is 0. The Labute approximate surface area is 248 Å². The molecule has 0 unspecified atom stereocenters. The number of hydrogen-bond donors (Lipinski definition) is 1. The van der Waals surface area contributed by atoms with Crippen molar-refractivity contribution in [3.8, 4) is 33.9 Å². The van der Waals surface area contributed by atoms with Crippen LogP contribution in [0.3, 0.4) is 0 Å². The van der Waals surface area contributed by atoms with E-state index in [9.17, 15) is 0 Å². The fraction of sp³-hybridized carbons (Fsp3) is 0. The van der Waals surface area contributed by atoms with Gasteiger partial charge >= 0.3 is 0 Å². The summed E-state index contributed by atoms with van der Waals surface area (Å²) in [6, 6.07) is 45.4. The summed E-state index contributed by atoms with van der Waals surface area (Å²) in [5.74, 6) is 0.831. The normalized spacial score (nSPS) is 11.6. The predicted molar refractivity (Wildman–Crippen MR) is 177 cm³/mol. The Balaban J connectivity index is 1.06. The van der Waals surface area contributed by atoms with E-state index in [1.807, 2.05) is 72.9 Å². The van der Waals surface area contributed by atoms with Crippen molar-refractivity contribution in [2.24, 2.45) is 4.99 Å². The standard InChI is InChI=1S/C37H26N4S/c1-3-9-28(10-4-1)35-36(29-11-5-2-6-12-29)41-37(40-35)30-20-22-31(23-21-30)38-25-27-17-15-26(16-18-27)19-24-34-39-32-13-7-8-14-33(32)42-34/h1-25H,(H,40,41)/b24-19+,38-25?. The molecule has 200 valence electrons. The summed E-state index contributed by atoms with van der Waals surface area (Å²) in [5, 5.41) is 1.01. The highest BCUT2D eigenvalue weighted by atomic mass is 32.1. The quantitative estimate of drug-likeness (QED) is 0.198. The van der Waals surface area contributed by atoms with E-state index in [-0.39, 0.29) is 0 Å². The maximum absolute atomic E-state index is 5.00. The lowest BCUT2D eigenvalue weighted by Gasteiger charge is -2.02. The summed E-state index contributed by atoms with van der Waals surface area (Å²) < 4.78 is 1.20. The number of hydrogen-bond acceptors (Lipinski definition) is 4. The molecule has 1 N–H and O–H groups in total. The highest BCUT2D eigenvalue weighted by Crippen LogP contribution is 2.33. The summed E-state index contributed by atoms with van der Waals surface area (Å²) in [4.78, 5) is 17.9. The molecule has 0 aliphatic rings. The molecule has 5 aromatic carbocycles. The molecule has 0 aliphatic carbocycles. The molecule has 4 nitrogen and oxygen atoms in total. The Morgan fingerprint density at radius 1 is 0.571 bits per heavy atom. The van der Waals surface area contributed by atoms with Crippen LogP contribution in [0, 0.1) is 0 Å². The fourth-order valence-electron chi connectivity index (χ4n) is 4.81. The number of rotatable bonds is 7. The number of aromatic amines is 1. The topological polar surface area (TPSA) is 53.9 Å². The molecule has 0 amide bonds. The van der Waals surface area contributed by atoms with Crippen LogP contribution < -0.4 is 0 Å². The summed E-state index contributed by atoms with van der Waals surface area (Å²) >= 11 is 1.70. The van der Waals surface area contributed by atoms with Crippen molar-refractivity contribution in [2.45, 2.75) is 0 Å². The lowest BCUT2D eigenvalue weighted by atomic mass is 10.1. The third-order valence-corrected chi connectivity index (χ3v) is 7.98. The Hall–Kier alpha value is -5.39. The minimum Gasteiger partial charge on any atom is -0.337 e. The van der Waals surface area contributed by atoms with E-state index in [4.69, 9.17) is 9.98 Å². The van der Waals surface area contributed by atoms with Crippen molar-refractivity contribution < 1.29 is 0 Å². The monoisotopic (exact) mass is 558 g/mol. The minimum absolute atomic E-state index is 0.831. The van der Waals surface area contributed by atoms with Gasteiger partial charge in [-0.05, 0) is 53.6 Å². The van der Waals surface area contributed by atoms with Crippen LogP contribution in [0.15, 0.2) is 138 Å². The number of fused-ring (bicyclic) bond motifs is 1. The number of nitrogens with one attached hydrogen (secondary N) is 1. The van der Waals surface area contributed by atoms with Crippen molar-refractivity contribution in [3.63, 3.8) is 0 Å². The molecule has 0 saturated carbocycles. The first-order valence-electron chi connectivity index (χ1n) is 13.8. The summed E-state index contributed by atoms with van der Waals surface area (Å²) in [6.07, 6.45) is 6.06. The second-order valence-corrected chi connectivity index (χ2v) is 10.9. The molecular formula is C37H26N4S. The second-order valence-electron chi connectivity index (χ2n) is 9.87. The minimum atomic E-state index is 0.831. The van der Waals surface area contributed by atoms with E-state index in [2.05, 4.69) is 88.9 Å². The number of para-hydroxylation sites is 1. The Morgan fingerprint density at radius 2 is 1.24 bits per heavy atom. The van der Waals surface area contributed by atoms with Crippen LogP contribution in [0.25, 0.3) is 56.3 Å². The van der Waals surface area contributed by atoms with Crippen LogP contribution in [0.1, 0.15) is 16.1 Å². The molecule has 0 saturated heterocycles. The first-order valence-corrected chi connectivity index (χ1v) is 14.6. The van der Waals surface area contributed by atoms with Gasteiger partial charge in [0, 0.05) is 22.9 Å². The molecule has 7 aromatic rings. The third-order valence-electron chi connectivity index (χ3n) is 6.98. The van der Waals surface area contributed by atoms with Gasteiger partial charge in [0.25, 0.3) is 0 Å². The van der Waals surface area contributed by atoms with Gasteiger partial charge in [0.2, 0.25) is 0 Å². The molecule has 0 fully saturated rings. The molecule has 42 heavy (non-hydrogen) atoms. The second kappa shape index (κ2) is 11.6. The maximum Gasteiger partial charge on any atom is 0.138 e. The molecular weight excluding hydrogens is 533 g/mol. The molecule has 2 aromatic heterocycles. The van der Waals surface area contributed by atoms with Crippen LogP contribution in [-0.2, 0) is 0 Å². The highest BCUT2D eigenvalue weighted by Gasteiger charge is 2.15. The predicted octanol–water partition coefficient (Wildman–Crippen LogP) is 9.94. The molecule has 0 radical (unpaired) electrons. The van der Waals surface area contributed by atoms with Crippen molar-refractivity contribution >= 4 is 45.6 Å². The zero-order chi connectivity index (χ0) is 28.1. The van der Waals surface area contributed by atoms with Crippen LogP contribution in [0.5, 0.6) is 0 Å². The van der Waals surface area contributed by atoms with Crippen LogP contribution in [0.4, 0.5) is 5.69 Å². The van der Waals surface area contributed by atoms with Gasteiger partial charge in [-0.1, -0.05) is 103 Å². The molecule has 0 spiro atoms. The van der Waals surface area contributed by atoms with Gasteiger partial charge in [0.05, 0.1) is 27.3 Å². The average Bonchev–Trinajstić information content (AvgIpc) is 3.69. The molecule has 2 heterocycles. The number of nitrogens with zero attached hydrogens (tertiary/aromatic N) is 3. The zero-order valence-electron chi connectivity index (χ0n) is 22.7. The first kappa shape index (κ1) is 25.6. The number of H-pyrrole nitrogens is 1. The molecule has 0 atom stereocenters. The zero-order valence-corrected chi connectivity index (χ0v) is 23.5. The molecule has 7 rings (SSSR count). The van der Waals surface area contributed by atoms with Crippen molar-refractivity contribution in [3.05, 3.63) is 150 Å². The number of thiazole rings is 1. The van der Waals surface area contributed by atoms with Crippen molar-refractivity contribution in [2.75, 3.05) is 0 Å². The average molecular weight is 559 g/mol. The van der Waals surface area contributed by atoms with Gasteiger partial charge < -0.3 is 4.98 Å². The summed E-state index contributed by atoms with van der Waals surface area (Å²) in [6.45, 7) is 0.